The lowest BCUT2D eigenvalue weighted by atomic mass is 10.1. The molecular weight excluding hydrogens is 270 g/mol. The summed E-state index contributed by atoms with van der Waals surface area (Å²) in [5, 5.41) is 19.0. The van der Waals surface area contributed by atoms with Crippen molar-refractivity contribution in [2.45, 2.75) is 44.9 Å². The molecule has 1 saturated heterocycles. The fraction of sp³-hybridized carbons (Fsp3) is 0.533. The van der Waals surface area contributed by atoms with Crippen LogP contribution in [-0.4, -0.2) is 38.9 Å². The fourth-order valence-electron chi connectivity index (χ4n) is 3.05. The topological polar surface area (TPSA) is 52.1 Å². The Bertz CT molecular complexity index is 535. The molecule has 0 aliphatic carbocycles. The predicted molar refractivity (Wildman–Crippen MR) is 81.6 cm³/mol. The van der Waals surface area contributed by atoms with Gasteiger partial charge in [-0.3, -0.25) is 10.00 Å². The number of thiophene rings is 1. The first-order chi connectivity index (χ1) is 9.74. The van der Waals surface area contributed by atoms with E-state index in [0.717, 1.165) is 25.2 Å². The van der Waals surface area contributed by atoms with E-state index in [1.807, 2.05) is 13.1 Å². The number of nitrogens with zero attached hydrogens (tertiary/aromatic N) is 2. The van der Waals surface area contributed by atoms with Crippen molar-refractivity contribution in [3.05, 3.63) is 29.3 Å². The van der Waals surface area contributed by atoms with Crippen molar-refractivity contribution in [1.82, 2.24) is 15.1 Å². The number of hydrogen-bond donors (Lipinski definition) is 2. The van der Waals surface area contributed by atoms with E-state index in [9.17, 15) is 5.11 Å². The average Bonchev–Trinajstić information content (AvgIpc) is 3.11. The van der Waals surface area contributed by atoms with Crippen LogP contribution in [0.3, 0.4) is 0 Å². The number of aromatic amines is 1. The lowest BCUT2D eigenvalue weighted by Gasteiger charge is -2.25. The number of likely N-dealkylation sites (tertiary alicyclic amines) is 1. The first kappa shape index (κ1) is 13.8. The van der Waals surface area contributed by atoms with E-state index < -0.39 is 0 Å². The van der Waals surface area contributed by atoms with Crippen molar-refractivity contribution in [1.29, 1.82) is 0 Å². The Morgan fingerprint density at radius 2 is 2.50 bits per heavy atom. The van der Waals surface area contributed by atoms with Crippen LogP contribution >= 0.6 is 11.3 Å². The number of aliphatic hydroxyl groups is 1. The smallest absolute Gasteiger partial charge is 0.0794 e. The van der Waals surface area contributed by atoms with Gasteiger partial charge in [0.15, 0.2) is 0 Å². The summed E-state index contributed by atoms with van der Waals surface area (Å²) in [7, 11) is 0. The molecule has 0 saturated carbocycles. The Morgan fingerprint density at radius 1 is 1.60 bits per heavy atom. The molecule has 4 nitrogen and oxygen atoms in total. The van der Waals surface area contributed by atoms with Crippen LogP contribution < -0.4 is 0 Å². The van der Waals surface area contributed by atoms with Crippen molar-refractivity contribution >= 4 is 11.3 Å². The van der Waals surface area contributed by atoms with Crippen LogP contribution in [-0.2, 0) is 6.54 Å². The van der Waals surface area contributed by atoms with Gasteiger partial charge >= 0.3 is 0 Å². The fourth-order valence-corrected chi connectivity index (χ4v) is 3.80. The van der Waals surface area contributed by atoms with Crippen LogP contribution in [0.15, 0.2) is 23.7 Å². The van der Waals surface area contributed by atoms with Gasteiger partial charge in [-0.1, -0.05) is 6.07 Å². The molecule has 1 aliphatic heterocycles. The van der Waals surface area contributed by atoms with Crippen LogP contribution in [0.5, 0.6) is 0 Å². The minimum Gasteiger partial charge on any atom is -0.393 e. The third-order valence-corrected chi connectivity index (χ3v) is 4.86. The Balaban J connectivity index is 1.73. The molecule has 108 valence electrons. The van der Waals surface area contributed by atoms with E-state index in [0.29, 0.717) is 6.04 Å². The molecule has 2 aromatic heterocycles. The molecule has 5 heteroatoms. The molecule has 20 heavy (non-hydrogen) atoms. The van der Waals surface area contributed by atoms with Crippen molar-refractivity contribution < 1.29 is 5.11 Å². The molecule has 0 radical (unpaired) electrons. The second kappa shape index (κ2) is 6.08. The molecule has 2 aromatic rings. The maximum Gasteiger partial charge on any atom is 0.0794 e. The number of H-pyrrole nitrogens is 1. The quantitative estimate of drug-likeness (QED) is 0.890. The summed E-state index contributed by atoms with van der Waals surface area (Å²) in [5.74, 6) is 0. The van der Waals surface area contributed by atoms with Gasteiger partial charge in [-0.15, -0.1) is 11.3 Å². The summed E-state index contributed by atoms with van der Waals surface area (Å²) < 4.78 is 0. The van der Waals surface area contributed by atoms with E-state index in [-0.39, 0.29) is 6.10 Å². The highest BCUT2D eigenvalue weighted by molar-refractivity contribution is 7.13. The monoisotopic (exact) mass is 291 g/mol. The van der Waals surface area contributed by atoms with Gasteiger partial charge in [-0.2, -0.15) is 5.10 Å². The van der Waals surface area contributed by atoms with Crippen molar-refractivity contribution in [3.63, 3.8) is 0 Å². The normalized spacial score (nSPS) is 21.4. The Kier molecular flexibility index (Phi) is 4.19. The van der Waals surface area contributed by atoms with E-state index in [2.05, 4.69) is 32.6 Å². The molecule has 2 N–H and O–H groups in total. The molecule has 1 fully saturated rings. The average molecular weight is 291 g/mol. The van der Waals surface area contributed by atoms with Crippen LogP contribution in [0.1, 0.15) is 31.7 Å². The molecule has 3 heterocycles. The zero-order chi connectivity index (χ0) is 13.9. The highest BCUT2D eigenvalue weighted by atomic mass is 32.1. The molecular formula is C15H21N3OS. The van der Waals surface area contributed by atoms with Gasteiger partial charge in [0.25, 0.3) is 0 Å². The molecule has 3 rings (SSSR count). The summed E-state index contributed by atoms with van der Waals surface area (Å²) in [5.41, 5.74) is 2.40. The van der Waals surface area contributed by atoms with E-state index in [1.165, 1.54) is 23.3 Å². The van der Waals surface area contributed by atoms with Gasteiger partial charge in [0.1, 0.15) is 0 Å². The summed E-state index contributed by atoms with van der Waals surface area (Å²) >= 11 is 1.73. The highest BCUT2D eigenvalue weighted by Crippen LogP contribution is 2.29. The zero-order valence-electron chi connectivity index (χ0n) is 11.7. The standard InChI is InChI=1S/C15H21N3OS/c1-11(19)8-13-4-2-6-18(13)10-12-9-16-17-15(12)14-5-3-7-20-14/h3,5,7,9,11,13,19H,2,4,6,8,10H2,1H3,(H,16,17). The first-order valence-electron chi connectivity index (χ1n) is 7.22. The van der Waals surface area contributed by atoms with E-state index in [4.69, 9.17) is 0 Å². The van der Waals surface area contributed by atoms with E-state index in [1.54, 1.807) is 11.3 Å². The van der Waals surface area contributed by atoms with Crippen molar-refractivity contribution in [2.24, 2.45) is 0 Å². The van der Waals surface area contributed by atoms with Crippen molar-refractivity contribution in [2.75, 3.05) is 6.54 Å². The lowest BCUT2D eigenvalue weighted by molar-refractivity contribution is 0.131. The predicted octanol–water partition coefficient (Wildman–Crippen LogP) is 2.87. The number of aliphatic hydroxyl groups excluding tert-OH is 1. The molecule has 0 spiro atoms. The molecule has 0 bridgehead atoms. The number of hydrogen-bond acceptors (Lipinski definition) is 4. The number of aromatic nitrogens is 2. The minimum atomic E-state index is -0.221. The largest absolute Gasteiger partial charge is 0.393 e. The van der Waals surface area contributed by atoms with Crippen LogP contribution in [0, 0.1) is 0 Å². The van der Waals surface area contributed by atoms with E-state index >= 15 is 0 Å². The zero-order valence-corrected chi connectivity index (χ0v) is 12.6. The summed E-state index contributed by atoms with van der Waals surface area (Å²) in [6.45, 7) is 3.92. The molecule has 2 atom stereocenters. The molecule has 2 unspecified atom stereocenters. The minimum absolute atomic E-state index is 0.221. The maximum atomic E-state index is 9.62. The van der Waals surface area contributed by atoms with Gasteiger partial charge in [-0.25, -0.2) is 0 Å². The van der Waals surface area contributed by atoms with Crippen LogP contribution in [0.2, 0.25) is 0 Å². The summed E-state index contributed by atoms with van der Waals surface area (Å²) in [4.78, 5) is 3.72. The summed E-state index contributed by atoms with van der Waals surface area (Å²) in [6, 6.07) is 4.69. The molecule has 0 amide bonds. The second-order valence-corrected chi connectivity index (χ2v) is 6.55. The van der Waals surface area contributed by atoms with Crippen LogP contribution in [0.25, 0.3) is 10.6 Å². The number of nitrogens with one attached hydrogen (secondary N) is 1. The Labute approximate surface area is 123 Å². The van der Waals surface area contributed by atoms with Gasteiger partial charge in [-0.05, 0) is 44.2 Å². The van der Waals surface area contributed by atoms with Gasteiger partial charge < -0.3 is 5.11 Å². The number of rotatable bonds is 5. The Morgan fingerprint density at radius 3 is 3.25 bits per heavy atom. The third kappa shape index (κ3) is 2.95. The summed E-state index contributed by atoms with van der Waals surface area (Å²) in [6.07, 6.45) is 5.00. The van der Waals surface area contributed by atoms with Crippen LogP contribution in [0.4, 0.5) is 0 Å². The second-order valence-electron chi connectivity index (χ2n) is 5.60. The SMILES string of the molecule is CC(O)CC1CCCN1Cc1cn[nH]c1-c1cccs1. The van der Waals surface area contributed by atoms with Gasteiger partial charge in [0, 0.05) is 18.2 Å². The molecule has 1 aliphatic rings. The maximum absolute atomic E-state index is 9.62. The third-order valence-electron chi connectivity index (χ3n) is 3.97. The molecule has 0 aromatic carbocycles. The highest BCUT2D eigenvalue weighted by Gasteiger charge is 2.26. The van der Waals surface area contributed by atoms with Gasteiger partial charge in [0.2, 0.25) is 0 Å². The van der Waals surface area contributed by atoms with Crippen molar-refractivity contribution in [3.8, 4) is 10.6 Å². The van der Waals surface area contributed by atoms with Gasteiger partial charge in [0.05, 0.1) is 22.9 Å². The first-order valence-corrected chi connectivity index (χ1v) is 8.10. The Hall–Kier alpha value is -1.17. The lowest BCUT2D eigenvalue weighted by Crippen LogP contribution is -2.31.